The quantitative estimate of drug-likeness (QED) is 0.624. The number of benzene rings is 1. The van der Waals surface area contributed by atoms with Crippen molar-refractivity contribution >= 4 is 23.4 Å². The summed E-state index contributed by atoms with van der Waals surface area (Å²) in [6.45, 7) is 6.90. The van der Waals surface area contributed by atoms with Gasteiger partial charge in [-0.1, -0.05) is 36.9 Å². The molecule has 0 aliphatic heterocycles. The second-order valence-corrected chi connectivity index (χ2v) is 7.24. The van der Waals surface area contributed by atoms with Gasteiger partial charge in [0.1, 0.15) is 0 Å². The number of aryl methyl sites for hydroxylation is 2. The first-order valence-electron chi connectivity index (χ1n) is 8.92. The summed E-state index contributed by atoms with van der Waals surface area (Å²) in [7, 11) is 0. The Hall–Kier alpha value is -2.67. The van der Waals surface area contributed by atoms with Crippen LogP contribution in [0, 0.1) is 13.8 Å². The van der Waals surface area contributed by atoms with Crippen molar-refractivity contribution in [2.24, 2.45) is 0 Å². The van der Waals surface area contributed by atoms with Crippen molar-refractivity contribution < 1.29 is 4.79 Å². The summed E-state index contributed by atoms with van der Waals surface area (Å²) in [5.41, 5.74) is 3.97. The number of nitrogens with zero attached hydrogens (tertiary/aromatic N) is 4. The summed E-state index contributed by atoms with van der Waals surface area (Å²) >= 11 is 1.40. The second kappa shape index (κ2) is 8.81. The summed E-state index contributed by atoms with van der Waals surface area (Å²) < 4.78 is 2.06. The predicted molar refractivity (Wildman–Crippen MR) is 109 cm³/mol. The van der Waals surface area contributed by atoms with Crippen LogP contribution in [0.25, 0.3) is 11.4 Å². The van der Waals surface area contributed by atoms with E-state index in [2.05, 4.69) is 32.0 Å². The van der Waals surface area contributed by atoms with Gasteiger partial charge < -0.3 is 9.88 Å². The van der Waals surface area contributed by atoms with Crippen molar-refractivity contribution in [3.8, 4) is 11.4 Å². The molecule has 0 unspecified atom stereocenters. The van der Waals surface area contributed by atoms with E-state index in [0.717, 1.165) is 46.3 Å². The number of rotatable bonds is 7. The molecule has 0 aliphatic carbocycles. The molecule has 0 atom stereocenters. The molecule has 7 heteroatoms. The third-order valence-corrected chi connectivity index (χ3v) is 5.15. The van der Waals surface area contributed by atoms with E-state index in [1.54, 1.807) is 12.4 Å². The summed E-state index contributed by atoms with van der Waals surface area (Å²) in [6, 6.07) is 9.81. The topological polar surface area (TPSA) is 72.7 Å². The van der Waals surface area contributed by atoms with Gasteiger partial charge in [-0.2, -0.15) is 0 Å². The van der Waals surface area contributed by atoms with Crippen LogP contribution >= 0.6 is 11.8 Å². The van der Waals surface area contributed by atoms with Crippen LogP contribution < -0.4 is 5.32 Å². The minimum atomic E-state index is -0.0473. The number of anilines is 1. The SMILES string of the molecule is CCCn1c(SCC(=O)Nc2c(C)cccc2C)nnc1-c1ccncc1. The third-order valence-electron chi connectivity index (χ3n) is 4.18. The zero-order valence-corrected chi connectivity index (χ0v) is 16.6. The van der Waals surface area contributed by atoms with Gasteiger partial charge in [0.15, 0.2) is 11.0 Å². The number of para-hydroxylation sites is 1. The highest BCUT2D eigenvalue weighted by molar-refractivity contribution is 7.99. The Morgan fingerprint density at radius 2 is 1.81 bits per heavy atom. The molecular weight excluding hydrogens is 358 g/mol. The van der Waals surface area contributed by atoms with Crippen molar-refractivity contribution in [2.75, 3.05) is 11.1 Å². The first kappa shape index (κ1) is 19.1. The molecule has 2 heterocycles. The van der Waals surface area contributed by atoms with Crippen molar-refractivity contribution in [3.63, 3.8) is 0 Å². The van der Waals surface area contributed by atoms with Gasteiger partial charge in [0.25, 0.3) is 0 Å². The fourth-order valence-corrected chi connectivity index (χ4v) is 3.62. The monoisotopic (exact) mass is 381 g/mol. The van der Waals surface area contributed by atoms with E-state index in [1.807, 2.05) is 44.2 Å². The smallest absolute Gasteiger partial charge is 0.234 e. The molecule has 1 amide bonds. The highest BCUT2D eigenvalue weighted by atomic mass is 32.2. The number of aromatic nitrogens is 4. The zero-order chi connectivity index (χ0) is 19.2. The number of amides is 1. The van der Waals surface area contributed by atoms with E-state index in [1.165, 1.54) is 11.8 Å². The van der Waals surface area contributed by atoms with E-state index in [4.69, 9.17) is 0 Å². The molecule has 140 valence electrons. The maximum atomic E-state index is 12.4. The molecule has 0 aliphatic rings. The van der Waals surface area contributed by atoms with Crippen LogP contribution in [0.4, 0.5) is 5.69 Å². The molecule has 1 aromatic carbocycles. The highest BCUT2D eigenvalue weighted by Gasteiger charge is 2.15. The van der Waals surface area contributed by atoms with Crippen LogP contribution in [0.15, 0.2) is 47.9 Å². The van der Waals surface area contributed by atoms with Gasteiger partial charge in [-0.3, -0.25) is 9.78 Å². The number of carbonyl (C=O) groups is 1. The molecule has 27 heavy (non-hydrogen) atoms. The number of nitrogens with one attached hydrogen (secondary N) is 1. The van der Waals surface area contributed by atoms with E-state index in [9.17, 15) is 4.79 Å². The number of hydrogen-bond donors (Lipinski definition) is 1. The molecule has 0 bridgehead atoms. The Morgan fingerprint density at radius 1 is 1.11 bits per heavy atom. The molecule has 0 spiro atoms. The third kappa shape index (κ3) is 4.54. The molecule has 0 saturated carbocycles. The van der Waals surface area contributed by atoms with Crippen molar-refractivity contribution in [3.05, 3.63) is 53.9 Å². The van der Waals surface area contributed by atoms with Gasteiger partial charge in [-0.15, -0.1) is 10.2 Å². The molecule has 0 fully saturated rings. The average molecular weight is 382 g/mol. The second-order valence-electron chi connectivity index (χ2n) is 6.30. The van der Waals surface area contributed by atoms with Gasteiger partial charge >= 0.3 is 0 Å². The van der Waals surface area contributed by atoms with Gasteiger partial charge in [-0.05, 0) is 43.5 Å². The van der Waals surface area contributed by atoms with Crippen molar-refractivity contribution in [2.45, 2.75) is 38.9 Å². The summed E-state index contributed by atoms with van der Waals surface area (Å²) in [5.74, 6) is 1.04. The first-order chi connectivity index (χ1) is 13.1. The Bertz CT molecular complexity index is 903. The lowest BCUT2D eigenvalue weighted by Crippen LogP contribution is -2.16. The lowest BCUT2D eigenvalue weighted by atomic mass is 10.1. The molecule has 1 N–H and O–H groups in total. The summed E-state index contributed by atoms with van der Waals surface area (Å²) in [4.78, 5) is 16.5. The van der Waals surface area contributed by atoms with Crippen molar-refractivity contribution in [1.82, 2.24) is 19.7 Å². The number of thioether (sulfide) groups is 1. The van der Waals surface area contributed by atoms with Crippen molar-refractivity contribution in [1.29, 1.82) is 0 Å². The first-order valence-corrected chi connectivity index (χ1v) is 9.91. The van der Waals surface area contributed by atoms with E-state index in [0.29, 0.717) is 0 Å². The molecular formula is C20H23N5OS. The lowest BCUT2D eigenvalue weighted by Gasteiger charge is -2.12. The van der Waals surface area contributed by atoms with Crippen LogP contribution in [-0.4, -0.2) is 31.4 Å². The van der Waals surface area contributed by atoms with Gasteiger partial charge in [0, 0.05) is 30.2 Å². The highest BCUT2D eigenvalue weighted by Crippen LogP contribution is 2.25. The zero-order valence-electron chi connectivity index (χ0n) is 15.8. The van der Waals surface area contributed by atoms with Crippen LogP contribution in [0.5, 0.6) is 0 Å². The van der Waals surface area contributed by atoms with Crippen LogP contribution in [-0.2, 0) is 11.3 Å². The Labute approximate surface area is 163 Å². The van der Waals surface area contributed by atoms with Crippen LogP contribution in [0.3, 0.4) is 0 Å². The molecule has 6 nitrogen and oxygen atoms in total. The Balaban J connectivity index is 1.72. The summed E-state index contributed by atoms with van der Waals surface area (Å²) in [6.07, 6.45) is 4.44. The van der Waals surface area contributed by atoms with Crippen LogP contribution in [0.2, 0.25) is 0 Å². The van der Waals surface area contributed by atoms with Gasteiger partial charge in [-0.25, -0.2) is 0 Å². The summed E-state index contributed by atoms with van der Waals surface area (Å²) in [5, 5.41) is 12.4. The van der Waals surface area contributed by atoms with Crippen LogP contribution in [0.1, 0.15) is 24.5 Å². The molecule has 3 aromatic rings. The number of carbonyl (C=O) groups excluding carboxylic acids is 1. The minimum Gasteiger partial charge on any atom is -0.325 e. The largest absolute Gasteiger partial charge is 0.325 e. The maximum Gasteiger partial charge on any atom is 0.234 e. The number of hydrogen-bond acceptors (Lipinski definition) is 5. The minimum absolute atomic E-state index is 0.0473. The maximum absolute atomic E-state index is 12.4. The standard InChI is InChI=1S/C20H23N5OS/c1-4-12-25-19(16-8-10-21-11-9-16)23-24-20(25)27-13-17(26)22-18-14(2)6-5-7-15(18)3/h5-11H,4,12-13H2,1-3H3,(H,22,26). The normalized spacial score (nSPS) is 10.8. The van der Waals surface area contributed by atoms with E-state index < -0.39 is 0 Å². The fourth-order valence-electron chi connectivity index (χ4n) is 2.85. The lowest BCUT2D eigenvalue weighted by molar-refractivity contribution is -0.113. The molecule has 0 saturated heterocycles. The molecule has 3 rings (SSSR count). The fraction of sp³-hybridized carbons (Fsp3) is 0.300. The Morgan fingerprint density at radius 3 is 2.48 bits per heavy atom. The number of pyridine rings is 1. The predicted octanol–water partition coefficient (Wildman–Crippen LogP) is 4.10. The average Bonchev–Trinajstić information content (AvgIpc) is 3.07. The Kier molecular flexibility index (Phi) is 6.24. The van der Waals surface area contributed by atoms with Gasteiger partial charge in [0.2, 0.25) is 5.91 Å². The van der Waals surface area contributed by atoms with E-state index >= 15 is 0 Å². The van der Waals surface area contributed by atoms with E-state index in [-0.39, 0.29) is 11.7 Å². The molecule has 2 aromatic heterocycles. The van der Waals surface area contributed by atoms with Gasteiger partial charge in [0.05, 0.1) is 5.75 Å². The molecule has 0 radical (unpaired) electrons.